The monoisotopic (exact) mass is 238 g/mol. The standard InChI is InChI=1S/C6H15OSi.BF3.K/c1-7-5-6-8(2,3)4;2-1(3)4;/h1,5-6H2,2-4H3;;/q-1;;+1. The molecular weight excluding hydrogens is 223 g/mol. The summed E-state index contributed by atoms with van der Waals surface area (Å²) in [6, 6.07) is 1.22. The van der Waals surface area contributed by atoms with Gasteiger partial charge in [-0.05, 0) is 6.04 Å². The Labute approximate surface area is 122 Å². The van der Waals surface area contributed by atoms with Crippen LogP contribution in [0.15, 0.2) is 0 Å². The molecule has 1 nitrogen and oxygen atoms in total. The van der Waals surface area contributed by atoms with E-state index in [4.69, 9.17) is 4.74 Å². The van der Waals surface area contributed by atoms with Crippen molar-refractivity contribution in [2.75, 3.05) is 6.61 Å². The van der Waals surface area contributed by atoms with Crippen LogP contribution in [0.25, 0.3) is 0 Å². The predicted octanol–water partition coefficient (Wildman–Crippen LogP) is 0.0166. The maximum absolute atomic E-state index is 9.67. The van der Waals surface area contributed by atoms with Gasteiger partial charge in [0.05, 0.1) is 0 Å². The van der Waals surface area contributed by atoms with E-state index in [0.717, 1.165) is 6.61 Å². The Morgan fingerprint density at radius 2 is 1.54 bits per heavy atom. The van der Waals surface area contributed by atoms with Crippen LogP contribution in [0.3, 0.4) is 0 Å². The molecule has 0 atom stereocenters. The summed E-state index contributed by atoms with van der Waals surface area (Å²) in [4.78, 5) is 0. The van der Waals surface area contributed by atoms with Crippen molar-refractivity contribution < 1.29 is 69.1 Å². The molecule has 0 aromatic rings. The fraction of sp³-hybridized carbons (Fsp3) is 0.833. The Hall–Kier alpha value is 1.67. The molecule has 0 radical (unpaired) electrons. The molecule has 0 N–H and O–H groups in total. The van der Waals surface area contributed by atoms with E-state index in [-0.39, 0.29) is 51.4 Å². The van der Waals surface area contributed by atoms with Crippen molar-refractivity contribution in [1.29, 1.82) is 0 Å². The van der Waals surface area contributed by atoms with Crippen molar-refractivity contribution >= 4 is 15.6 Å². The average molecular weight is 238 g/mol. The van der Waals surface area contributed by atoms with E-state index in [0.29, 0.717) is 0 Å². The van der Waals surface area contributed by atoms with E-state index in [1.807, 2.05) is 0 Å². The van der Waals surface area contributed by atoms with E-state index in [1.165, 1.54) is 6.04 Å². The van der Waals surface area contributed by atoms with Gasteiger partial charge in [0.1, 0.15) is 0 Å². The van der Waals surface area contributed by atoms with Gasteiger partial charge in [0.15, 0.2) is 0 Å². The fourth-order valence-electron chi connectivity index (χ4n) is 0.378. The molecular formula is C6H15BF3KOSi. The van der Waals surface area contributed by atoms with Crippen LogP contribution < -0.4 is 51.4 Å². The summed E-state index contributed by atoms with van der Waals surface area (Å²) in [5.41, 5.74) is 0. The van der Waals surface area contributed by atoms with Gasteiger partial charge < -0.3 is 4.74 Å². The zero-order valence-corrected chi connectivity index (χ0v) is 12.9. The molecule has 0 aliphatic heterocycles. The van der Waals surface area contributed by atoms with Gasteiger partial charge in [-0.2, -0.15) is 0 Å². The van der Waals surface area contributed by atoms with Crippen LogP contribution >= 0.6 is 0 Å². The van der Waals surface area contributed by atoms with Crippen LogP contribution in [-0.4, -0.2) is 22.2 Å². The summed E-state index contributed by atoms with van der Waals surface area (Å²) in [6.45, 7) is 7.81. The van der Waals surface area contributed by atoms with Crippen molar-refractivity contribution in [3.63, 3.8) is 0 Å². The summed E-state index contributed by atoms with van der Waals surface area (Å²) in [6.07, 6.45) is 0. The Morgan fingerprint density at radius 1 is 1.23 bits per heavy atom. The van der Waals surface area contributed by atoms with Gasteiger partial charge in [0.25, 0.3) is 0 Å². The molecule has 74 valence electrons. The van der Waals surface area contributed by atoms with Gasteiger partial charge in [0, 0.05) is 14.7 Å². The molecule has 0 fully saturated rings. The third kappa shape index (κ3) is 41.9. The zero-order valence-electron chi connectivity index (χ0n) is 8.74. The molecule has 13 heavy (non-hydrogen) atoms. The normalized spacial score (nSPS) is 9.46. The van der Waals surface area contributed by atoms with Gasteiger partial charge in [-0.25, -0.2) is 7.11 Å². The second-order valence-corrected chi connectivity index (χ2v) is 9.09. The van der Waals surface area contributed by atoms with Crippen LogP contribution in [0.4, 0.5) is 12.9 Å². The van der Waals surface area contributed by atoms with E-state index in [1.54, 1.807) is 0 Å². The first kappa shape index (κ1) is 20.1. The van der Waals surface area contributed by atoms with Crippen molar-refractivity contribution in [3.8, 4) is 0 Å². The summed E-state index contributed by atoms with van der Waals surface area (Å²) in [5.74, 6) is 0. The second kappa shape index (κ2) is 11.7. The Bertz CT molecular complexity index is 99.6. The number of hydrogen-bond acceptors (Lipinski definition) is 1. The summed E-state index contributed by atoms with van der Waals surface area (Å²) in [7, 11) is -1.20. The molecule has 0 aliphatic rings. The molecule has 0 saturated heterocycles. The molecule has 0 aliphatic carbocycles. The summed E-state index contributed by atoms with van der Waals surface area (Å²) >= 11 is 0. The topological polar surface area (TPSA) is 9.23 Å². The van der Waals surface area contributed by atoms with Crippen LogP contribution in [0.2, 0.25) is 25.7 Å². The van der Waals surface area contributed by atoms with Crippen molar-refractivity contribution in [1.82, 2.24) is 0 Å². The minimum atomic E-state index is -3.67. The number of halogens is 3. The molecule has 0 aromatic heterocycles. The first-order valence-corrected chi connectivity index (χ1v) is 7.29. The van der Waals surface area contributed by atoms with E-state index in [9.17, 15) is 12.9 Å². The first-order valence-electron chi connectivity index (χ1n) is 3.59. The molecule has 0 amide bonds. The Balaban J connectivity index is -0.000000173. The molecule has 0 bridgehead atoms. The molecule has 0 unspecified atom stereocenters. The largest absolute Gasteiger partial charge is 1.00 e. The SMILES string of the molecule is FB(F)F.[CH2-]OCC[Si](C)(C)C.[K+]. The van der Waals surface area contributed by atoms with E-state index < -0.39 is 15.6 Å². The second-order valence-electron chi connectivity index (χ2n) is 3.47. The molecule has 7 heteroatoms. The van der Waals surface area contributed by atoms with Gasteiger partial charge in [-0.15, -0.1) is 0 Å². The maximum Gasteiger partial charge on any atom is 1.00 e. The van der Waals surface area contributed by atoms with Crippen LogP contribution in [0, 0.1) is 7.11 Å². The van der Waals surface area contributed by atoms with Crippen molar-refractivity contribution in [2.45, 2.75) is 25.7 Å². The number of ether oxygens (including phenoxy) is 1. The minimum absolute atomic E-state index is 0. The third-order valence-electron chi connectivity index (χ3n) is 0.996. The predicted molar refractivity (Wildman–Crippen MR) is 48.5 cm³/mol. The fourth-order valence-corrected chi connectivity index (χ4v) is 1.14. The summed E-state index contributed by atoms with van der Waals surface area (Å²) < 4.78 is 33.7. The molecule has 0 heterocycles. The molecule has 0 spiro atoms. The molecule has 0 rings (SSSR count). The number of rotatable bonds is 3. The van der Waals surface area contributed by atoms with Gasteiger partial charge in [0.2, 0.25) is 0 Å². The van der Waals surface area contributed by atoms with Crippen LogP contribution in [0.1, 0.15) is 0 Å². The molecule has 0 saturated carbocycles. The van der Waals surface area contributed by atoms with E-state index >= 15 is 0 Å². The van der Waals surface area contributed by atoms with Crippen molar-refractivity contribution in [3.05, 3.63) is 7.11 Å². The van der Waals surface area contributed by atoms with Crippen molar-refractivity contribution in [2.24, 2.45) is 0 Å². The van der Waals surface area contributed by atoms with Gasteiger partial charge in [-0.3, -0.25) is 12.9 Å². The third-order valence-corrected chi connectivity index (χ3v) is 2.70. The summed E-state index contributed by atoms with van der Waals surface area (Å²) in [5, 5.41) is 0. The minimum Gasteiger partial charge on any atom is -0.555 e. The van der Waals surface area contributed by atoms with Crippen LogP contribution in [-0.2, 0) is 4.74 Å². The maximum atomic E-state index is 9.67. The zero-order chi connectivity index (χ0) is 10.2. The Kier molecular flexibility index (Phi) is 18.2. The van der Waals surface area contributed by atoms with E-state index in [2.05, 4.69) is 26.8 Å². The number of hydrogen-bond donors (Lipinski definition) is 0. The van der Waals surface area contributed by atoms with Gasteiger partial charge >= 0.3 is 58.9 Å². The first-order chi connectivity index (χ1) is 5.29. The molecule has 0 aromatic carbocycles. The quantitative estimate of drug-likeness (QED) is 0.497. The van der Waals surface area contributed by atoms with Crippen LogP contribution in [0.5, 0.6) is 0 Å². The smallest absolute Gasteiger partial charge is 0.555 e. The Morgan fingerprint density at radius 3 is 1.62 bits per heavy atom. The van der Waals surface area contributed by atoms with Gasteiger partial charge in [-0.1, -0.05) is 19.6 Å². The average Bonchev–Trinajstić information content (AvgIpc) is 1.80.